The van der Waals surface area contributed by atoms with Crippen LogP contribution in [0.4, 0.5) is 4.79 Å². The molecule has 0 aliphatic carbocycles. The second-order valence-electron chi connectivity index (χ2n) is 3.85. The lowest BCUT2D eigenvalue weighted by Crippen LogP contribution is -2.30. The number of benzene rings is 2. The third-order valence-electron chi connectivity index (χ3n) is 2.64. The molecular weight excluding hydrogens is 262 g/mol. The Labute approximate surface area is 116 Å². The van der Waals surface area contributed by atoms with E-state index in [0.29, 0.717) is 10.9 Å². The Morgan fingerprint density at radius 3 is 2.63 bits per heavy atom. The summed E-state index contributed by atoms with van der Waals surface area (Å²) < 4.78 is 4.78. The smallest absolute Gasteiger partial charge is 0.412 e. The number of carbonyl (C=O) groups is 1. The van der Waals surface area contributed by atoms with E-state index in [9.17, 15) is 9.90 Å². The molecule has 0 aliphatic rings. The highest BCUT2D eigenvalue weighted by atomic mass is 32.1. The topological polar surface area (TPSA) is 58.6 Å². The number of phenolic OH excluding ortho intramolecular Hbond substituents is 1. The maximum absolute atomic E-state index is 11.4. The first-order chi connectivity index (χ1) is 9.13. The van der Waals surface area contributed by atoms with Crippen LogP contribution in [0.5, 0.6) is 5.75 Å². The van der Waals surface area contributed by atoms with Crippen molar-refractivity contribution in [2.45, 2.75) is 6.92 Å². The molecule has 2 rings (SSSR count). The Morgan fingerprint density at radius 2 is 1.95 bits per heavy atom. The summed E-state index contributed by atoms with van der Waals surface area (Å²) in [6.07, 6.45) is -0.579. The lowest BCUT2D eigenvalue weighted by Gasteiger charge is -2.10. The van der Waals surface area contributed by atoms with E-state index in [1.807, 2.05) is 18.2 Å². The van der Waals surface area contributed by atoms with Gasteiger partial charge >= 0.3 is 6.09 Å². The minimum absolute atomic E-state index is 0.179. The van der Waals surface area contributed by atoms with Gasteiger partial charge in [0.2, 0.25) is 0 Å². The van der Waals surface area contributed by atoms with E-state index in [0.717, 1.165) is 5.39 Å². The first kappa shape index (κ1) is 13.3. The standard InChI is InChI=1S/C14H13NO3S/c1-2-18-14(17)15-13(19)11-7-8-12(16)10-6-4-3-5-9(10)11/h3-8,16H,2H2,1H3,(H,15,17,19). The SMILES string of the molecule is CCOC(=O)NC(=S)c1ccc(O)c2ccccc12. The summed E-state index contributed by atoms with van der Waals surface area (Å²) >= 11 is 5.19. The molecular formula is C14H13NO3S. The molecule has 0 heterocycles. The van der Waals surface area contributed by atoms with E-state index >= 15 is 0 Å². The number of amides is 1. The molecule has 0 radical (unpaired) electrons. The largest absolute Gasteiger partial charge is 0.507 e. The zero-order valence-corrected chi connectivity index (χ0v) is 11.2. The van der Waals surface area contributed by atoms with Crippen LogP contribution in [-0.2, 0) is 4.74 Å². The Kier molecular flexibility index (Phi) is 3.97. The molecule has 2 aromatic carbocycles. The molecule has 0 aliphatic heterocycles. The highest BCUT2D eigenvalue weighted by molar-refractivity contribution is 7.80. The Balaban J connectivity index is 2.38. The number of phenols is 1. The monoisotopic (exact) mass is 275 g/mol. The van der Waals surface area contributed by atoms with Crippen LogP contribution in [0.25, 0.3) is 10.8 Å². The van der Waals surface area contributed by atoms with Crippen molar-refractivity contribution in [3.8, 4) is 5.75 Å². The number of hydrogen-bond donors (Lipinski definition) is 2. The van der Waals surface area contributed by atoms with Crippen molar-refractivity contribution in [3.63, 3.8) is 0 Å². The van der Waals surface area contributed by atoms with Crippen molar-refractivity contribution in [1.29, 1.82) is 0 Å². The zero-order chi connectivity index (χ0) is 13.8. The second kappa shape index (κ2) is 5.67. The van der Waals surface area contributed by atoms with Crippen LogP contribution < -0.4 is 5.32 Å². The summed E-state index contributed by atoms with van der Waals surface area (Å²) in [4.78, 5) is 11.6. The van der Waals surface area contributed by atoms with Gasteiger partial charge in [-0.2, -0.15) is 0 Å². The number of ether oxygens (including phenoxy) is 1. The number of hydrogen-bond acceptors (Lipinski definition) is 4. The quantitative estimate of drug-likeness (QED) is 0.827. The summed E-state index contributed by atoms with van der Waals surface area (Å²) in [5, 5.41) is 13.8. The number of nitrogens with one attached hydrogen (secondary N) is 1. The van der Waals surface area contributed by atoms with E-state index in [1.54, 1.807) is 25.1 Å². The van der Waals surface area contributed by atoms with Gasteiger partial charge in [0, 0.05) is 10.9 Å². The Morgan fingerprint density at radius 1 is 1.26 bits per heavy atom. The van der Waals surface area contributed by atoms with Crippen molar-refractivity contribution >= 4 is 34.1 Å². The molecule has 0 saturated heterocycles. The lowest BCUT2D eigenvalue weighted by atomic mass is 10.0. The fraction of sp³-hybridized carbons (Fsp3) is 0.143. The molecule has 98 valence electrons. The average molecular weight is 275 g/mol. The summed E-state index contributed by atoms with van der Waals surface area (Å²) in [6.45, 7) is 2.00. The Bertz CT molecular complexity index is 640. The van der Waals surface area contributed by atoms with Crippen molar-refractivity contribution in [3.05, 3.63) is 42.0 Å². The van der Waals surface area contributed by atoms with Crippen LogP contribution in [0, 0.1) is 0 Å². The summed E-state index contributed by atoms with van der Waals surface area (Å²) in [5.74, 6) is 0.179. The highest BCUT2D eigenvalue weighted by Gasteiger charge is 2.11. The van der Waals surface area contributed by atoms with Gasteiger partial charge in [-0.3, -0.25) is 5.32 Å². The molecule has 19 heavy (non-hydrogen) atoms. The number of rotatable bonds is 2. The van der Waals surface area contributed by atoms with E-state index < -0.39 is 6.09 Å². The van der Waals surface area contributed by atoms with Crippen molar-refractivity contribution < 1.29 is 14.6 Å². The summed E-state index contributed by atoms with van der Waals surface area (Å²) in [6, 6.07) is 10.5. The third kappa shape index (κ3) is 2.82. The molecule has 5 heteroatoms. The van der Waals surface area contributed by atoms with Crippen LogP contribution in [0.1, 0.15) is 12.5 Å². The van der Waals surface area contributed by atoms with E-state index in [1.165, 1.54) is 0 Å². The highest BCUT2D eigenvalue weighted by Crippen LogP contribution is 2.27. The van der Waals surface area contributed by atoms with Crippen molar-refractivity contribution in [2.75, 3.05) is 6.61 Å². The minimum Gasteiger partial charge on any atom is -0.507 e. The van der Waals surface area contributed by atoms with Gasteiger partial charge in [-0.25, -0.2) is 4.79 Å². The van der Waals surface area contributed by atoms with Gasteiger partial charge in [-0.15, -0.1) is 0 Å². The lowest BCUT2D eigenvalue weighted by molar-refractivity contribution is 0.158. The maximum atomic E-state index is 11.4. The van der Waals surface area contributed by atoms with Gasteiger partial charge < -0.3 is 9.84 Å². The van der Waals surface area contributed by atoms with Gasteiger partial charge in [0.05, 0.1) is 6.61 Å². The molecule has 0 bridgehead atoms. The fourth-order valence-corrected chi connectivity index (χ4v) is 2.07. The van der Waals surface area contributed by atoms with Crippen LogP contribution in [0.3, 0.4) is 0 Å². The number of alkyl carbamates (subject to hydrolysis) is 1. The van der Waals surface area contributed by atoms with Gasteiger partial charge in [-0.1, -0.05) is 36.5 Å². The van der Waals surface area contributed by atoms with Crippen molar-refractivity contribution in [2.24, 2.45) is 0 Å². The third-order valence-corrected chi connectivity index (χ3v) is 2.96. The molecule has 2 aromatic rings. The van der Waals surface area contributed by atoms with Crippen LogP contribution in [0.15, 0.2) is 36.4 Å². The predicted molar refractivity (Wildman–Crippen MR) is 77.5 cm³/mol. The average Bonchev–Trinajstić information content (AvgIpc) is 2.39. The first-order valence-corrected chi connectivity index (χ1v) is 6.23. The predicted octanol–water partition coefficient (Wildman–Crippen LogP) is 2.97. The molecule has 0 saturated carbocycles. The normalized spacial score (nSPS) is 10.2. The molecule has 0 fully saturated rings. The maximum Gasteiger partial charge on any atom is 0.412 e. The fourth-order valence-electron chi connectivity index (χ4n) is 1.81. The molecule has 0 atom stereocenters. The number of thiocarbonyl (C=S) groups is 1. The number of aromatic hydroxyl groups is 1. The zero-order valence-electron chi connectivity index (χ0n) is 10.3. The van der Waals surface area contributed by atoms with Crippen LogP contribution in [0.2, 0.25) is 0 Å². The van der Waals surface area contributed by atoms with Gasteiger partial charge in [-0.05, 0) is 24.4 Å². The van der Waals surface area contributed by atoms with Crippen LogP contribution >= 0.6 is 12.2 Å². The van der Waals surface area contributed by atoms with Crippen molar-refractivity contribution in [1.82, 2.24) is 5.32 Å². The van der Waals surface area contributed by atoms with E-state index in [4.69, 9.17) is 17.0 Å². The molecule has 0 aromatic heterocycles. The van der Waals surface area contributed by atoms with Gasteiger partial charge in [0.25, 0.3) is 0 Å². The molecule has 0 unspecified atom stereocenters. The second-order valence-corrected chi connectivity index (χ2v) is 4.26. The van der Waals surface area contributed by atoms with E-state index in [2.05, 4.69) is 5.32 Å². The number of fused-ring (bicyclic) bond motifs is 1. The van der Waals surface area contributed by atoms with Gasteiger partial charge in [0.1, 0.15) is 10.7 Å². The summed E-state index contributed by atoms with van der Waals surface area (Å²) in [5.41, 5.74) is 0.677. The summed E-state index contributed by atoms with van der Waals surface area (Å²) in [7, 11) is 0. The molecule has 0 spiro atoms. The molecule has 4 nitrogen and oxygen atoms in total. The molecule has 2 N–H and O–H groups in total. The number of carbonyl (C=O) groups excluding carboxylic acids is 1. The van der Waals surface area contributed by atoms with Crippen LogP contribution in [-0.4, -0.2) is 22.8 Å². The first-order valence-electron chi connectivity index (χ1n) is 5.82. The minimum atomic E-state index is -0.579. The Hall–Kier alpha value is -2.14. The van der Waals surface area contributed by atoms with E-state index in [-0.39, 0.29) is 17.3 Å². The molecule has 1 amide bonds. The van der Waals surface area contributed by atoms with Gasteiger partial charge in [0.15, 0.2) is 0 Å².